The molecule has 5 nitrogen and oxygen atoms in total. The predicted molar refractivity (Wildman–Crippen MR) is 95.4 cm³/mol. The Morgan fingerprint density at radius 1 is 1.25 bits per heavy atom. The van der Waals surface area contributed by atoms with Crippen LogP contribution >= 0.6 is 11.3 Å². The number of para-hydroxylation sites is 1. The lowest BCUT2D eigenvalue weighted by Crippen LogP contribution is -2.00. The number of aromatic nitrogens is 3. The summed E-state index contributed by atoms with van der Waals surface area (Å²) in [5, 5.41) is 12.1. The van der Waals surface area contributed by atoms with Gasteiger partial charge in [-0.15, -0.1) is 11.3 Å². The summed E-state index contributed by atoms with van der Waals surface area (Å²) in [6, 6.07) is 8.86. The van der Waals surface area contributed by atoms with Gasteiger partial charge in [0.1, 0.15) is 0 Å². The number of benzene rings is 1. The lowest BCUT2D eigenvalue weighted by molar-refractivity contribution is 0.0699. The minimum absolute atomic E-state index is 0.255. The first-order valence-corrected chi connectivity index (χ1v) is 8.25. The molecular formula is C18H13N3O2S. The molecular weight excluding hydrogens is 322 g/mol. The molecule has 4 rings (SSSR count). The van der Waals surface area contributed by atoms with Crippen LogP contribution in [-0.2, 0) is 0 Å². The molecule has 3 aromatic heterocycles. The Bertz CT molecular complexity index is 1110. The summed E-state index contributed by atoms with van der Waals surface area (Å²) in [6.07, 6.45) is 5.72. The number of carbonyl (C=O) groups is 1. The number of thiazole rings is 1. The van der Waals surface area contributed by atoms with Crippen LogP contribution in [0.1, 0.15) is 27.4 Å². The zero-order valence-electron chi connectivity index (χ0n) is 12.8. The van der Waals surface area contributed by atoms with Gasteiger partial charge in [-0.2, -0.15) is 0 Å². The van der Waals surface area contributed by atoms with Crippen LogP contribution in [0.4, 0.5) is 0 Å². The number of fused-ring (bicyclic) bond motifs is 2. The van der Waals surface area contributed by atoms with E-state index in [1.807, 2.05) is 53.3 Å². The van der Waals surface area contributed by atoms with E-state index in [-0.39, 0.29) is 5.56 Å². The molecule has 0 aliphatic heterocycles. The number of aromatic carboxylic acids is 1. The van der Waals surface area contributed by atoms with Gasteiger partial charge in [-0.3, -0.25) is 4.40 Å². The van der Waals surface area contributed by atoms with E-state index in [2.05, 4.69) is 9.97 Å². The van der Waals surface area contributed by atoms with Crippen molar-refractivity contribution in [2.45, 2.75) is 6.92 Å². The van der Waals surface area contributed by atoms with Gasteiger partial charge in [-0.25, -0.2) is 14.8 Å². The molecule has 0 spiro atoms. The molecule has 0 saturated heterocycles. The van der Waals surface area contributed by atoms with Crippen LogP contribution in [0.15, 0.2) is 41.9 Å². The summed E-state index contributed by atoms with van der Waals surface area (Å²) in [5.74, 6) is -0.955. The van der Waals surface area contributed by atoms with Crippen LogP contribution in [0.25, 0.3) is 28.0 Å². The molecule has 1 aromatic carbocycles. The summed E-state index contributed by atoms with van der Waals surface area (Å²) < 4.78 is 2.01. The van der Waals surface area contributed by atoms with Gasteiger partial charge in [0, 0.05) is 17.0 Å². The molecule has 118 valence electrons. The van der Waals surface area contributed by atoms with Gasteiger partial charge >= 0.3 is 5.97 Å². The second kappa shape index (κ2) is 5.58. The Balaban J connectivity index is 1.83. The van der Waals surface area contributed by atoms with Crippen molar-refractivity contribution in [3.05, 3.63) is 64.6 Å². The quantitative estimate of drug-likeness (QED) is 0.611. The number of aryl methyl sites for hydroxylation is 1. The first kappa shape index (κ1) is 14.6. The van der Waals surface area contributed by atoms with E-state index in [0.717, 1.165) is 16.3 Å². The van der Waals surface area contributed by atoms with Crippen molar-refractivity contribution in [1.82, 2.24) is 14.4 Å². The fourth-order valence-corrected chi connectivity index (χ4v) is 3.50. The maximum absolute atomic E-state index is 11.5. The van der Waals surface area contributed by atoms with E-state index in [1.54, 1.807) is 23.5 Å². The highest BCUT2D eigenvalue weighted by molar-refractivity contribution is 7.15. The van der Waals surface area contributed by atoms with Crippen molar-refractivity contribution in [3.8, 4) is 0 Å². The van der Waals surface area contributed by atoms with E-state index >= 15 is 0 Å². The van der Waals surface area contributed by atoms with Gasteiger partial charge in [0.05, 0.1) is 28.2 Å². The zero-order chi connectivity index (χ0) is 16.7. The topological polar surface area (TPSA) is 67.5 Å². The number of hydrogen-bond acceptors (Lipinski definition) is 4. The normalized spacial score (nSPS) is 11.7. The summed E-state index contributed by atoms with van der Waals surface area (Å²) in [6.45, 7) is 1.95. The fourth-order valence-electron chi connectivity index (χ4n) is 2.73. The first-order chi connectivity index (χ1) is 11.6. The minimum Gasteiger partial charge on any atom is -0.478 e. The van der Waals surface area contributed by atoms with E-state index in [9.17, 15) is 9.90 Å². The van der Waals surface area contributed by atoms with Gasteiger partial charge in [0.15, 0.2) is 4.96 Å². The van der Waals surface area contributed by atoms with Crippen molar-refractivity contribution in [2.24, 2.45) is 0 Å². The van der Waals surface area contributed by atoms with Crippen LogP contribution in [0, 0.1) is 6.92 Å². The molecule has 0 amide bonds. The smallest absolute Gasteiger partial charge is 0.336 e. The van der Waals surface area contributed by atoms with Gasteiger partial charge in [-0.1, -0.05) is 18.2 Å². The maximum Gasteiger partial charge on any atom is 0.336 e. The van der Waals surface area contributed by atoms with Crippen molar-refractivity contribution in [3.63, 3.8) is 0 Å². The third-order valence-electron chi connectivity index (χ3n) is 3.86. The largest absolute Gasteiger partial charge is 0.478 e. The molecule has 0 saturated carbocycles. The standard InChI is InChI=1S/C18H13N3O2S/c1-11-16(21-8-9-24-18(21)19-11)7-6-12-10-14(17(22)23)13-4-2-3-5-15(13)20-12/h2-10H,1H3,(H,22,23)/b7-6+. The number of pyridine rings is 1. The predicted octanol–water partition coefficient (Wildman–Crippen LogP) is 4.12. The molecule has 6 heteroatoms. The van der Waals surface area contributed by atoms with Crippen LogP contribution in [-0.4, -0.2) is 25.4 Å². The number of carboxylic acids is 1. The van der Waals surface area contributed by atoms with Crippen LogP contribution < -0.4 is 0 Å². The molecule has 24 heavy (non-hydrogen) atoms. The maximum atomic E-state index is 11.5. The number of rotatable bonds is 3. The van der Waals surface area contributed by atoms with E-state index in [1.165, 1.54) is 0 Å². The van der Waals surface area contributed by atoms with Gasteiger partial charge in [0.2, 0.25) is 0 Å². The van der Waals surface area contributed by atoms with Crippen molar-refractivity contribution in [1.29, 1.82) is 0 Å². The van der Waals surface area contributed by atoms with Gasteiger partial charge < -0.3 is 5.11 Å². The van der Waals surface area contributed by atoms with Gasteiger partial charge in [0.25, 0.3) is 0 Å². The minimum atomic E-state index is -0.955. The van der Waals surface area contributed by atoms with Crippen molar-refractivity contribution < 1.29 is 9.90 Å². The third-order valence-corrected chi connectivity index (χ3v) is 4.62. The molecule has 0 fully saturated rings. The zero-order valence-corrected chi connectivity index (χ0v) is 13.6. The Morgan fingerprint density at radius 2 is 2.08 bits per heavy atom. The molecule has 4 aromatic rings. The lowest BCUT2D eigenvalue weighted by Gasteiger charge is -2.04. The molecule has 3 heterocycles. The Kier molecular flexibility index (Phi) is 3.39. The van der Waals surface area contributed by atoms with Crippen LogP contribution in [0.2, 0.25) is 0 Å². The Hall–Kier alpha value is -2.99. The Labute approximate surface area is 141 Å². The monoisotopic (exact) mass is 335 g/mol. The van der Waals surface area contributed by atoms with E-state index < -0.39 is 5.97 Å². The molecule has 0 radical (unpaired) electrons. The average molecular weight is 335 g/mol. The molecule has 0 bridgehead atoms. The van der Waals surface area contributed by atoms with Gasteiger partial charge in [-0.05, 0) is 31.2 Å². The summed E-state index contributed by atoms with van der Waals surface area (Å²) >= 11 is 1.58. The number of carboxylic acid groups (broad SMARTS) is 1. The average Bonchev–Trinajstić information content (AvgIpc) is 3.12. The van der Waals surface area contributed by atoms with Crippen molar-refractivity contribution >= 4 is 45.3 Å². The van der Waals surface area contributed by atoms with Crippen molar-refractivity contribution in [2.75, 3.05) is 0 Å². The summed E-state index contributed by atoms with van der Waals surface area (Å²) in [4.78, 5) is 21.5. The SMILES string of the molecule is Cc1nc2sccn2c1/C=C/c1cc(C(=O)O)c2ccccc2n1. The van der Waals surface area contributed by atoms with E-state index in [4.69, 9.17) is 0 Å². The molecule has 0 aliphatic rings. The number of imidazole rings is 1. The lowest BCUT2D eigenvalue weighted by atomic mass is 10.1. The van der Waals surface area contributed by atoms with Crippen LogP contribution in [0.3, 0.4) is 0 Å². The molecule has 1 N–H and O–H groups in total. The highest BCUT2D eigenvalue weighted by atomic mass is 32.1. The molecule has 0 unspecified atom stereocenters. The molecule has 0 atom stereocenters. The second-order valence-electron chi connectivity index (χ2n) is 5.39. The highest BCUT2D eigenvalue weighted by Crippen LogP contribution is 2.21. The summed E-state index contributed by atoms with van der Waals surface area (Å²) in [5.41, 5.74) is 3.43. The second-order valence-corrected chi connectivity index (χ2v) is 6.26. The Morgan fingerprint density at radius 3 is 2.92 bits per heavy atom. The first-order valence-electron chi connectivity index (χ1n) is 7.37. The van der Waals surface area contributed by atoms with E-state index in [0.29, 0.717) is 16.6 Å². The fraction of sp³-hybridized carbons (Fsp3) is 0.0556. The summed E-state index contributed by atoms with van der Waals surface area (Å²) in [7, 11) is 0. The van der Waals surface area contributed by atoms with Crippen LogP contribution in [0.5, 0.6) is 0 Å². The molecule has 0 aliphatic carbocycles. The number of nitrogens with zero attached hydrogens (tertiary/aromatic N) is 3. The number of hydrogen-bond donors (Lipinski definition) is 1. The third kappa shape index (κ3) is 2.37. The highest BCUT2D eigenvalue weighted by Gasteiger charge is 2.11.